The Morgan fingerprint density at radius 2 is 1.79 bits per heavy atom. The lowest BCUT2D eigenvalue weighted by Gasteiger charge is -2.36. The average Bonchev–Trinajstić information content (AvgIpc) is 3.15. The van der Waals surface area contributed by atoms with E-state index in [4.69, 9.17) is 0 Å². The van der Waals surface area contributed by atoms with Gasteiger partial charge in [-0.2, -0.15) is 5.10 Å². The predicted molar refractivity (Wildman–Crippen MR) is 109 cm³/mol. The van der Waals surface area contributed by atoms with E-state index in [1.807, 2.05) is 73.9 Å². The first-order valence-corrected chi connectivity index (χ1v) is 9.89. The van der Waals surface area contributed by atoms with Crippen LogP contribution in [0.4, 0.5) is 0 Å². The van der Waals surface area contributed by atoms with E-state index in [-0.39, 0.29) is 23.1 Å². The Bertz CT molecular complexity index is 815. The fourth-order valence-corrected chi connectivity index (χ4v) is 3.63. The van der Waals surface area contributed by atoms with Gasteiger partial charge in [0.15, 0.2) is 0 Å². The van der Waals surface area contributed by atoms with Crippen LogP contribution in [0.5, 0.6) is 0 Å². The van der Waals surface area contributed by atoms with Crippen molar-refractivity contribution in [3.63, 3.8) is 0 Å². The molecule has 1 aromatic carbocycles. The Morgan fingerprint density at radius 1 is 1.14 bits per heavy atom. The van der Waals surface area contributed by atoms with Gasteiger partial charge in [0.25, 0.3) is 0 Å². The molecule has 1 aromatic heterocycles. The molecule has 0 spiro atoms. The topological polar surface area (TPSA) is 58.4 Å². The van der Waals surface area contributed by atoms with Crippen molar-refractivity contribution in [1.29, 1.82) is 0 Å². The summed E-state index contributed by atoms with van der Waals surface area (Å²) in [5.41, 5.74) is 1.63. The van der Waals surface area contributed by atoms with Crippen LogP contribution in [0.3, 0.4) is 0 Å². The normalized spacial score (nSPS) is 15.5. The van der Waals surface area contributed by atoms with Crippen molar-refractivity contribution in [3.05, 3.63) is 48.3 Å². The highest BCUT2D eigenvalue weighted by molar-refractivity contribution is 5.82. The van der Waals surface area contributed by atoms with Crippen LogP contribution in [-0.2, 0) is 16.1 Å². The lowest BCUT2D eigenvalue weighted by molar-refractivity contribution is -0.144. The number of nitrogens with zero attached hydrogens (tertiary/aromatic N) is 4. The number of likely N-dealkylation sites (tertiary alicyclic amines) is 1. The summed E-state index contributed by atoms with van der Waals surface area (Å²) < 4.78 is 1.82. The molecule has 1 aliphatic heterocycles. The zero-order chi connectivity index (χ0) is 20.3. The van der Waals surface area contributed by atoms with Crippen LogP contribution in [0.15, 0.2) is 42.7 Å². The second-order valence-electron chi connectivity index (χ2n) is 8.64. The molecule has 0 aliphatic carbocycles. The van der Waals surface area contributed by atoms with Gasteiger partial charge in [0, 0.05) is 49.8 Å². The second-order valence-corrected chi connectivity index (χ2v) is 8.64. The molecule has 3 rings (SSSR count). The quantitative estimate of drug-likeness (QED) is 0.816. The van der Waals surface area contributed by atoms with Gasteiger partial charge in [-0.1, -0.05) is 39.0 Å². The zero-order valence-electron chi connectivity index (χ0n) is 17.3. The molecule has 0 atom stereocenters. The van der Waals surface area contributed by atoms with Gasteiger partial charge in [-0.05, 0) is 25.0 Å². The number of hydrogen-bond donors (Lipinski definition) is 0. The number of carbonyl (C=O) groups is 2. The van der Waals surface area contributed by atoms with Gasteiger partial charge in [0.2, 0.25) is 11.8 Å². The van der Waals surface area contributed by atoms with E-state index in [9.17, 15) is 9.59 Å². The minimum absolute atomic E-state index is 0.0156. The summed E-state index contributed by atoms with van der Waals surface area (Å²) in [7, 11) is 1.84. The number of aromatic nitrogens is 2. The molecule has 0 bridgehead atoms. The van der Waals surface area contributed by atoms with Crippen LogP contribution >= 0.6 is 0 Å². The number of carbonyl (C=O) groups excluding carboxylic acids is 2. The maximum absolute atomic E-state index is 12.8. The van der Waals surface area contributed by atoms with Crippen molar-refractivity contribution < 1.29 is 9.59 Å². The van der Waals surface area contributed by atoms with Crippen molar-refractivity contribution in [2.45, 2.75) is 40.2 Å². The van der Waals surface area contributed by atoms with Gasteiger partial charge in [-0.3, -0.25) is 9.59 Å². The monoisotopic (exact) mass is 382 g/mol. The molecule has 0 N–H and O–H groups in total. The predicted octanol–water partition coefficient (Wildman–Crippen LogP) is 3.12. The molecular weight excluding hydrogens is 352 g/mol. The molecule has 0 saturated carbocycles. The number of rotatable bonds is 4. The maximum Gasteiger partial charge on any atom is 0.227 e. The molecule has 28 heavy (non-hydrogen) atoms. The van der Waals surface area contributed by atoms with Gasteiger partial charge < -0.3 is 9.80 Å². The number of piperidine rings is 1. The summed E-state index contributed by atoms with van der Waals surface area (Å²) in [4.78, 5) is 28.9. The highest BCUT2D eigenvalue weighted by atomic mass is 16.2. The van der Waals surface area contributed by atoms with Gasteiger partial charge in [0.05, 0.1) is 11.9 Å². The fraction of sp³-hybridized carbons (Fsp3) is 0.500. The molecule has 0 radical (unpaired) electrons. The molecule has 1 aliphatic rings. The highest BCUT2D eigenvalue weighted by Crippen LogP contribution is 2.25. The molecule has 1 saturated heterocycles. The first-order chi connectivity index (χ1) is 13.3. The van der Waals surface area contributed by atoms with E-state index in [1.54, 1.807) is 11.1 Å². The molecular formula is C22H30N4O2. The van der Waals surface area contributed by atoms with E-state index in [0.717, 1.165) is 24.1 Å². The number of para-hydroxylation sites is 1. The summed E-state index contributed by atoms with van der Waals surface area (Å²) in [6, 6.07) is 9.92. The van der Waals surface area contributed by atoms with Gasteiger partial charge in [0.1, 0.15) is 0 Å². The number of hydrogen-bond acceptors (Lipinski definition) is 3. The third-order valence-electron chi connectivity index (χ3n) is 5.23. The van der Waals surface area contributed by atoms with E-state index in [2.05, 4.69) is 5.10 Å². The van der Waals surface area contributed by atoms with Crippen LogP contribution in [0.1, 0.15) is 39.2 Å². The Hall–Kier alpha value is -2.63. The van der Waals surface area contributed by atoms with Crippen molar-refractivity contribution in [2.75, 3.05) is 20.1 Å². The summed E-state index contributed by atoms with van der Waals surface area (Å²) in [6.07, 6.45) is 5.23. The first kappa shape index (κ1) is 20.1. The highest BCUT2D eigenvalue weighted by Gasteiger charge is 2.33. The van der Waals surface area contributed by atoms with Crippen molar-refractivity contribution in [3.8, 4) is 5.69 Å². The van der Waals surface area contributed by atoms with E-state index >= 15 is 0 Å². The molecule has 2 amide bonds. The summed E-state index contributed by atoms with van der Waals surface area (Å²) in [5.74, 6) is 0.300. The fourth-order valence-electron chi connectivity index (χ4n) is 3.63. The SMILES string of the molecule is CN(Cc1cnn(-c2ccccc2)c1)C(=O)C1CCN(C(=O)C(C)(C)C)CC1. The average molecular weight is 383 g/mol. The summed E-state index contributed by atoms with van der Waals surface area (Å²) in [6.45, 7) is 7.67. The summed E-state index contributed by atoms with van der Waals surface area (Å²) >= 11 is 0. The van der Waals surface area contributed by atoms with Crippen LogP contribution in [-0.4, -0.2) is 51.5 Å². The van der Waals surface area contributed by atoms with E-state index in [0.29, 0.717) is 19.6 Å². The maximum atomic E-state index is 12.8. The van der Waals surface area contributed by atoms with Crippen LogP contribution in [0, 0.1) is 11.3 Å². The second kappa shape index (κ2) is 8.17. The molecule has 6 heteroatoms. The molecule has 0 unspecified atom stereocenters. The molecule has 2 heterocycles. The lowest BCUT2D eigenvalue weighted by Crippen LogP contribution is -2.46. The van der Waals surface area contributed by atoms with Crippen LogP contribution in [0.2, 0.25) is 0 Å². The minimum Gasteiger partial charge on any atom is -0.342 e. The van der Waals surface area contributed by atoms with Crippen LogP contribution < -0.4 is 0 Å². The van der Waals surface area contributed by atoms with Gasteiger partial charge in [-0.25, -0.2) is 4.68 Å². The van der Waals surface area contributed by atoms with Gasteiger partial charge in [-0.15, -0.1) is 0 Å². The third-order valence-corrected chi connectivity index (χ3v) is 5.23. The van der Waals surface area contributed by atoms with Crippen molar-refractivity contribution in [1.82, 2.24) is 19.6 Å². The summed E-state index contributed by atoms with van der Waals surface area (Å²) in [5, 5.41) is 4.40. The lowest BCUT2D eigenvalue weighted by atomic mass is 9.90. The molecule has 2 aromatic rings. The Labute approximate surface area is 167 Å². The largest absolute Gasteiger partial charge is 0.342 e. The zero-order valence-corrected chi connectivity index (χ0v) is 17.3. The van der Waals surface area contributed by atoms with Crippen LogP contribution in [0.25, 0.3) is 5.69 Å². The Balaban J connectivity index is 1.54. The van der Waals surface area contributed by atoms with Gasteiger partial charge >= 0.3 is 0 Å². The Kier molecular flexibility index (Phi) is 5.87. The third kappa shape index (κ3) is 4.61. The Morgan fingerprint density at radius 3 is 2.39 bits per heavy atom. The molecule has 6 nitrogen and oxygen atoms in total. The minimum atomic E-state index is -0.369. The van der Waals surface area contributed by atoms with Crippen molar-refractivity contribution >= 4 is 11.8 Å². The van der Waals surface area contributed by atoms with E-state index in [1.165, 1.54) is 0 Å². The number of benzene rings is 1. The molecule has 1 fully saturated rings. The molecule has 150 valence electrons. The standard InChI is InChI=1S/C22H30N4O2/c1-22(2,3)21(28)25-12-10-18(11-13-25)20(27)24(4)15-17-14-23-26(16-17)19-8-6-5-7-9-19/h5-9,14,16,18H,10-13,15H2,1-4H3. The smallest absolute Gasteiger partial charge is 0.227 e. The first-order valence-electron chi connectivity index (χ1n) is 9.89. The van der Waals surface area contributed by atoms with E-state index < -0.39 is 0 Å². The number of amides is 2. The van der Waals surface area contributed by atoms with Crippen molar-refractivity contribution in [2.24, 2.45) is 11.3 Å².